The molecule has 0 aliphatic rings. The molecule has 0 saturated heterocycles. The smallest absolute Gasteiger partial charge is 0.338 e. The monoisotopic (exact) mass is 318 g/mol. The van der Waals surface area contributed by atoms with Gasteiger partial charge in [0.05, 0.1) is 12.7 Å². The van der Waals surface area contributed by atoms with E-state index in [1.165, 1.54) is 18.2 Å². The molecular formula is C16H15BrO2. The normalized spacial score (nSPS) is 10.3. The van der Waals surface area contributed by atoms with Crippen LogP contribution in [0.25, 0.3) is 11.1 Å². The van der Waals surface area contributed by atoms with Crippen LogP contribution in [0.3, 0.4) is 0 Å². The lowest BCUT2D eigenvalue weighted by molar-refractivity contribution is 0.0601. The number of benzene rings is 2. The topological polar surface area (TPSA) is 26.3 Å². The Morgan fingerprint density at radius 1 is 1.11 bits per heavy atom. The second kappa shape index (κ2) is 5.57. The Balaban J connectivity index is 2.70. The Hall–Kier alpha value is -1.61. The van der Waals surface area contributed by atoms with Gasteiger partial charge in [-0.1, -0.05) is 51.3 Å². The molecule has 98 valence electrons. The van der Waals surface area contributed by atoms with Crippen molar-refractivity contribution in [1.29, 1.82) is 0 Å². The summed E-state index contributed by atoms with van der Waals surface area (Å²) in [6.07, 6.45) is 0. The molecule has 0 unspecified atom stereocenters. The van der Waals surface area contributed by atoms with Gasteiger partial charge >= 0.3 is 5.97 Å². The van der Waals surface area contributed by atoms with Gasteiger partial charge in [-0.2, -0.15) is 0 Å². The third-order valence-corrected chi connectivity index (χ3v) is 3.59. The molecule has 2 aromatic carbocycles. The van der Waals surface area contributed by atoms with Crippen LogP contribution in [-0.2, 0) is 4.74 Å². The van der Waals surface area contributed by atoms with Crippen LogP contribution < -0.4 is 0 Å². The molecule has 3 heteroatoms. The predicted molar refractivity (Wildman–Crippen MR) is 80.4 cm³/mol. The van der Waals surface area contributed by atoms with Gasteiger partial charge in [-0.05, 0) is 31.5 Å². The molecule has 0 atom stereocenters. The van der Waals surface area contributed by atoms with Crippen molar-refractivity contribution in [2.24, 2.45) is 0 Å². The molecule has 2 rings (SSSR count). The van der Waals surface area contributed by atoms with Gasteiger partial charge < -0.3 is 4.74 Å². The number of carbonyl (C=O) groups excluding carboxylic acids is 1. The molecular weight excluding hydrogens is 304 g/mol. The van der Waals surface area contributed by atoms with E-state index < -0.39 is 0 Å². The summed E-state index contributed by atoms with van der Waals surface area (Å²) in [5.74, 6) is -0.324. The number of rotatable bonds is 2. The molecule has 2 nitrogen and oxygen atoms in total. The van der Waals surface area contributed by atoms with E-state index in [0.29, 0.717) is 5.56 Å². The first-order valence-electron chi connectivity index (χ1n) is 5.98. The quantitative estimate of drug-likeness (QED) is 0.761. The predicted octanol–water partition coefficient (Wildman–Crippen LogP) is 4.52. The second-order valence-electron chi connectivity index (χ2n) is 4.53. The fraction of sp³-hybridized carbons (Fsp3) is 0.188. The van der Waals surface area contributed by atoms with Crippen molar-refractivity contribution in [2.45, 2.75) is 13.8 Å². The van der Waals surface area contributed by atoms with Crippen LogP contribution in [0, 0.1) is 13.8 Å². The van der Waals surface area contributed by atoms with Gasteiger partial charge in [-0.3, -0.25) is 0 Å². The summed E-state index contributed by atoms with van der Waals surface area (Å²) in [5, 5.41) is 0. The Bertz CT molecular complexity index is 612. The molecule has 0 fully saturated rings. The molecule has 0 N–H and O–H groups in total. The van der Waals surface area contributed by atoms with Crippen molar-refractivity contribution < 1.29 is 9.53 Å². The summed E-state index contributed by atoms with van der Waals surface area (Å²) in [4.78, 5) is 11.9. The minimum absolute atomic E-state index is 0.324. The first-order valence-corrected chi connectivity index (χ1v) is 6.77. The largest absolute Gasteiger partial charge is 0.465 e. The fourth-order valence-corrected chi connectivity index (χ4v) is 2.81. The Morgan fingerprint density at radius 2 is 1.74 bits per heavy atom. The lowest BCUT2D eigenvalue weighted by Gasteiger charge is -2.12. The fourth-order valence-electron chi connectivity index (χ4n) is 2.22. The molecule has 0 saturated carbocycles. The molecule has 2 aromatic rings. The number of halogens is 1. The number of aryl methyl sites for hydroxylation is 2. The van der Waals surface area contributed by atoms with E-state index in [2.05, 4.69) is 34.1 Å². The number of hydrogen-bond acceptors (Lipinski definition) is 2. The zero-order valence-corrected chi connectivity index (χ0v) is 12.7. The molecule has 0 aliphatic carbocycles. The maximum Gasteiger partial charge on any atom is 0.338 e. The highest BCUT2D eigenvalue weighted by atomic mass is 79.9. The van der Waals surface area contributed by atoms with Gasteiger partial charge in [-0.15, -0.1) is 0 Å². The van der Waals surface area contributed by atoms with Crippen molar-refractivity contribution in [3.63, 3.8) is 0 Å². The van der Waals surface area contributed by atoms with Crippen LogP contribution in [0.4, 0.5) is 0 Å². The number of ether oxygens (including phenoxy) is 1. The van der Waals surface area contributed by atoms with E-state index in [0.717, 1.165) is 15.6 Å². The van der Waals surface area contributed by atoms with E-state index in [9.17, 15) is 4.79 Å². The van der Waals surface area contributed by atoms with Crippen LogP contribution in [0.15, 0.2) is 40.9 Å². The molecule has 0 amide bonds. The summed E-state index contributed by atoms with van der Waals surface area (Å²) in [5.41, 5.74) is 4.80. The van der Waals surface area contributed by atoms with Gasteiger partial charge in [0.2, 0.25) is 0 Å². The van der Waals surface area contributed by atoms with Crippen molar-refractivity contribution in [1.82, 2.24) is 0 Å². The number of hydrogen-bond donors (Lipinski definition) is 0. The van der Waals surface area contributed by atoms with Gasteiger partial charge in [-0.25, -0.2) is 4.79 Å². The average Bonchev–Trinajstić information content (AvgIpc) is 2.36. The third-order valence-electron chi connectivity index (χ3n) is 2.93. The van der Waals surface area contributed by atoms with Crippen LogP contribution >= 0.6 is 15.9 Å². The van der Waals surface area contributed by atoms with E-state index in [1.807, 2.05) is 26.0 Å². The van der Waals surface area contributed by atoms with Crippen LogP contribution in [0.2, 0.25) is 0 Å². The van der Waals surface area contributed by atoms with Crippen molar-refractivity contribution in [3.8, 4) is 11.1 Å². The highest BCUT2D eigenvalue weighted by Crippen LogP contribution is 2.33. The summed E-state index contributed by atoms with van der Waals surface area (Å²) in [6, 6.07) is 11.8. The van der Waals surface area contributed by atoms with Crippen molar-refractivity contribution in [2.75, 3.05) is 7.11 Å². The van der Waals surface area contributed by atoms with Crippen LogP contribution in [0.5, 0.6) is 0 Å². The summed E-state index contributed by atoms with van der Waals surface area (Å²) in [7, 11) is 1.40. The lowest BCUT2D eigenvalue weighted by Crippen LogP contribution is -2.04. The lowest BCUT2D eigenvalue weighted by atomic mass is 9.96. The number of esters is 1. The highest BCUT2D eigenvalue weighted by Gasteiger charge is 2.16. The maximum atomic E-state index is 11.9. The first-order chi connectivity index (χ1) is 9.02. The number of methoxy groups -OCH3 is 1. The SMILES string of the molecule is COC(=O)c1cccc(Br)c1-c1cc(C)cc(C)c1. The van der Waals surface area contributed by atoms with Crippen LogP contribution in [0.1, 0.15) is 21.5 Å². The van der Waals surface area contributed by atoms with E-state index in [1.54, 1.807) is 6.07 Å². The summed E-state index contributed by atoms with van der Waals surface area (Å²) in [6.45, 7) is 4.09. The first kappa shape index (κ1) is 13.8. The van der Waals surface area contributed by atoms with Crippen molar-refractivity contribution >= 4 is 21.9 Å². The Morgan fingerprint density at radius 3 is 2.32 bits per heavy atom. The second-order valence-corrected chi connectivity index (χ2v) is 5.38. The Labute approximate surface area is 121 Å². The average molecular weight is 319 g/mol. The molecule has 0 heterocycles. The minimum Gasteiger partial charge on any atom is -0.465 e. The van der Waals surface area contributed by atoms with E-state index >= 15 is 0 Å². The minimum atomic E-state index is -0.324. The Kier molecular flexibility index (Phi) is 4.05. The maximum absolute atomic E-state index is 11.9. The molecule has 0 bridgehead atoms. The van der Waals surface area contributed by atoms with Gasteiger partial charge in [0, 0.05) is 10.0 Å². The molecule has 19 heavy (non-hydrogen) atoms. The van der Waals surface area contributed by atoms with Gasteiger partial charge in [0.25, 0.3) is 0 Å². The third kappa shape index (κ3) is 2.87. The molecule has 0 spiro atoms. The van der Waals surface area contributed by atoms with Crippen molar-refractivity contribution in [3.05, 3.63) is 57.6 Å². The van der Waals surface area contributed by atoms with Gasteiger partial charge in [0.15, 0.2) is 0 Å². The molecule has 0 aromatic heterocycles. The standard InChI is InChI=1S/C16H15BrO2/c1-10-7-11(2)9-12(8-10)15-13(16(18)19-3)5-4-6-14(15)17/h4-9H,1-3H3. The molecule has 0 radical (unpaired) electrons. The summed E-state index contributed by atoms with van der Waals surface area (Å²) >= 11 is 3.52. The number of carbonyl (C=O) groups is 1. The zero-order chi connectivity index (χ0) is 14.0. The summed E-state index contributed by atoms with van der Waals surface area (Å²) < 4.78 is 5.74. The zero-order valence-electron chi connectivity index (χ0n) is 11.2. The van der Waals surface area contributed by atoms with Gasteiger partial charge in [0.1, 0.15) is 0 Å². The molecule has 0 aliphatic heterocycles. The van der Waals surface area contributed by atoms with E-state index in [4.69, 9.17) is 4.74 Å². The highest BCUT2D eigenvalue weighted by molar-refractivity contribution is 9.10. The van der Waals surface area contributed by atoms with Crippen LogP contribution in [-0.4, -0.2) is 13.1 Å². The van der Waals surface area contributed by atoms with E-state index in [-0.39, 0.29) is 5.97 Å².